The summed E-state index contributed by atoms with van der Waals surface area (Å²) in [6.45, 7) is 0. The van der Waals surface area contributed by atoms with Gasteiger partial charge >= 0.3 is 35.6 Å². The van der Waals surface area contributed by atoms with Gasteiger partial charge in [0.25, 0.3) is 0 Å². The molecule has 0 amide bonds. The van der Waals surface area contributed by atoms with Crippen LogP contribution in [0.2, 0.25) is 0 Å². The zero-order valence-electron chi connectivity index (χ0n) is 8.72. The molecule has 17 heavy (non-hydrogen) atoms. The van der Waals surface area contributed by atoms with E-state index in [4.69, 9.17) is 18.6 Å². The number of phenols is 1. The zero-order valence-corrected chi connectivity index (χ0v) is 11.8. The van der Waals surface area contributed by atoms with Crippen molar-refractivity contribution in [1.29, 1.82) is 0 Å². The van der Waals surface area contributed by atoms with E-state index in [1.165, 1.54) is 0 Å². The van der Waals surface area contributed by atoms with Crippen LogP contribution in [0.4, 0.5) is 5.69 Å². The van der Waals surface area contributed by atoms with E-state index in [-0.39, 0.29) is 5.75 Å². The number of hydrogen-bond acceptors (Lipinski definition) is 2. The molecule has 2 aromatic rings. The first kappa shape index (κ1) is 14.3. The third kappa shape index (κ3) is 5.42. The van der Waals surface area contributed by atoms with E-state index in [0.29, 0.717) is 5.69 Å². The topological polar surface area (TPSA) is 46.7 Å². The normalized spacial score (nSPS) is 9.76. The number of aromatic nitrogens is 1. The fourth-order valence-electron chi connectivity index (χ4n) is 1.10. The summed E-state index contributed by atoms with van der Waals surface area (Å²) in [4.78, 5) is 8.14. The number of aliphatic imine (C=N–C) groups is 1. The van der Waals surface area contributed by atoms with Crippen LogP contribution >= 0.6 is 18.6 Å². The zero-order chi connectivity index (χ0) is 12.5. The van der Waals surface area contributed by atoms with E-state index in [9.17, 15) is 5.11 Å². The molecule has 0 atom stereocenters. The van der Waals surface area contributed by atoms with Gasteiger partial charge in [-0.05, 0) is 12.1 Å². The van der Waals surface area contributed by atoms with Crippen LogP contribution in [-0.2, 0) is 17.0 Å². The number of hydrogen-bond donors (Lipinski definition) is 1. The molecule has 88 valence electrons. The van der Waals surface area contributed by atoms with Crippen molar-refractivity contribution >= 4 is 30.5 Å². The van der Waals surface area contributed by atoms with E-state index in [1.54, 1.807) is 30.6 Å². The van der Waals surface area contributed by atoms with Crippen molar-refractivity contribution < 1.29 is 22.1 Å². The van der Waals surface area contributed by atoms with Gasteiger partial charge in [-0.25, -0.2) is 0 Å². The van der Waals surface area contributed by atoms with Crippen molar-refractivity contribution in [1.82, 2.24) is 4.98 Å². The minimum absolute atomic E-state index is 0.176. The van der Waals surface area contributed by atoms with Gasteiger partial charge < -0.3 is 10.1 Å². The number of nitrogens with zero attached hydrogens (tertiary/aromatic N) is 2. The third-order valence-electron chi connectivity index (χ3n) is 1.79. The molecule has 0 unspecified atom stereocenters. The number of aromatic hydroxyl groups is 1. The number of rotatable bonds is 2. The summed E-state index contributed by atoms with van der Waals surface area (Å²) in [5.74, 6) is 0.176. The van der Waals surface area contributed by atoms with Gasteiger partial charge in [-0.3, -0.25) is 4.99 Å². The molecule has 0 saturated heterocycles. The van der Waals surface area contributed by atoms with Gasteiger partial charge in [0, 0.05) is 6.21 Å². The first-order chi connectivity index (χ1) is 8.27. The molecule has 1 aromatic carbocycles. The number of halogens is 2. The second kappa shape index (κ2) is 8.37. The Labute approximate surface area is 116 Å². The first-order valence-corrected chi connectivity index (χ1v) is 8.93. The van der Waals surface area contributed by atoms with Crippen LogP contribution in [0.25, 0.3) is 0 Å². The summed E-state index contributed by atoms with van der Waals surface area (Å²) < 4.78 is 0. The van der Waals surface area contributed by atoms with Gasteiger partial charge in [0.2, 0.25) is 0 Å². The Kier molecular flexibility index (Phi) is 7.05. The van der Waals surface area contributed by atoms with Crippen molar-refractivity contribution in [3.05, 3.63) is 48.3 Å². The summed E-state index contributed by atoms with van der Waals surface area (Å²) in [6.07, 6.45) is 3.32. The molecule has 0 bridgehead atoms. The second-order valence-electron chi connectivity index (χ2n) is 2.88. The van der Waals surface area contributed by atoms with Crippen molar-refractivity contribution in [3.8, 4) is 5.75 Å². The third-order valence-corrected chi connectivity index (χ3v) is 1.79. The summed E-state index contributed by atoms with van der Waals surface area (Å²) in [6, 6.07) is 10.6. The van der Waals surface area contributed by atoms with Crippen molar-refractivity contribution in [2.45, 2.75) is 0 Å². The average Bonchev–Trinajstić information content (AvgIpc) is 2.82. The second-order valence-corrected chi connectivity index (χ2v) is 5.46. The molecule has 0 spiro atoms. The van der Waals surface area contributed by atoms with E-state index in [0.717, 1.165) is 5.69 Å². The number of benzene rings is 1. The molecule has 0 saturated carbocycles. The molecular weight excluding hydrogens is 295 g/mol. The van der Waals surface area contributed by atoms with Crippen LogP contribution < -0.4 is 4.98 Å². The van der Waals surface area contributed by atoms with E-state index < -0.39 is 17.0 Å². The first-order valence-electron chi connectivity index (χ1n) is 4.64. The van der Waals surface area contributed by atoms with Gasteiger partial charge in [-0.15, -0.1) is 5.69 Å². The molecule has 0 radical (unpaired) electrons. The fourth-order valence-corrected chi connectivity index (χ4v) is 1.10. The monoisotopic (exact) mass is 303 g/mol. The van der Waals surface area contributed by atoms with Crippen LogP contribution in [0.3, 0.4) is 0 Å². The summed E-state index contributed by atoms with van der Waals surface area (Å²) in [5.41, 5.74) is 1.34. The molecule has 0 fully saturated rings. The van der Waals surface area contributed by atoms with Gasteiger partial charge in [0.1, 0.15) is 11.4 Å². The Balaban J connectivity index is 0.000000437. The van der Waals surface area contributed by atoms with Crippen LogP contribution in [0.1, 0.15) is 5.69 Å². The maximum atomic E-state index is 9.40. The Morgan fingerprint density at radius 3 is 2.47 bits per heavy atom. The molecule has 6 heteroatoms. The maximum absolute atomic E-state index is 9.40. The molecule has 1 heterocycles. The average molecular weight is 304 g/mol. The summed E-state index contributed by atoms with van der Waals surface area (Å²) in [5, 5.41) is 9.40. The van der Waals surface area contributed by atoms with E-state index >= 15 is 0 Å². The molecule has 1 aromatic heterocycles. The molecule has 1 N–H and O–H groups in total. The van der Waals surface area contributed by atoms with Crippen LogP contribution in [0.5, 0.6) is 5.75 Å². The minimum atomic E-state index is -0.556. The predicted octanol–water partition coefficient (Wildman–Crippen LogP) is 3.48. The molecule has 0 aliphatic carbocycles. The van der Waals surface area contributed by atoms with Gasteiger partial charge in [-0.1, -0.05) is 24.3 Å². The fraction of sp³-hybridized carbons (Fsp3) is 0. The van der Waals surface area contributed by atoms with Crippen LogP contribution in [0.15, 0.2) is 47.6 Å². The molecule has 3 nitrogen and oxygen atoms in total. The molecular formula is C11H9Cl2N2OTi-. The predicted molar refractivity (Wildman–Crippen MR) is 66.8 cm³/mol. The molecule has 2 rings (SSSR count). The Morgan fingerprint density at radius 2 is 1.88 bits per heavy atom. The summed E-state index contributed by atoms with van der Waals surface area (Å²) >= 11 is -0.556. The number of phenolic OH excluding ortho intramolecular Hbond substituents is 1. The van der Waals surface area contributed by atoms with Crippen LogP contribution in [-0.4, -0.2) is 11.3 Å². The standard InChI is InChI=1S/C11H9N2O.2ClH.Ti/c14-11-6-2-1-5-10(11)13-8-9-4-3-7-12-9;;;/h1-8H,(H-,12,13,14);2*1H;/q-1;;;+2/p-2. The Hall–Kier alpha value is -0.736. The SMILES string of the molecule is Oc1ccccc1N=Cc1ccc[n-]1.[Cl][Ti][Cl]. The van der Waals surface area contributed by atoms with E-state index in [2.05, 4.69) is 9.98 Å². The van der Waals surface area contributed by atoms with E-state index in [1.807, 2.05) is 18.2 Å². The molecule has 0 aliphatic heterocycles. The Bertz CT molecular complexity index is 460. The summed E-state index contributed by atoms with van der Waals surface area (Å²) in [7, 11) is 9.78. The molecule has 0 aliphatic rings. The van der Waals surface area contributed by atoms with Gasteiger partial charge in [-0.2, -0.15) is 6.20 Å². The quantitative estimate of drug-likeness (QED) is 0.682. The Morgan fingerprint density at radius 1 is 1.18 bits per heavy atom. The van der Waals surface area contributed by atoms with Crippen LogP contribution in [0, 0.1) is 0 Å². The van der Waals surface area contributed by atoms with Gasteiger partial charge in [0.05, 0.1) is 0 Å². The van der Waals surface area contributed by atoms with Crippen molar-refractivity contribution in [2.24, 2.45) is 4.99 Å². The van der Waals surface area contributed by atoms with Gasteiger partial charge in [0.15, 0.2) is 0 Å². The van der Waals surface area contributed by atoms with Crippen molar-refractivity contribution in [3.63, 3.8) is 0 Å². The van der Waals surface area contributed by atoms with Crippen molar-refractivity contribution in [2.75, 3.05) is 0 Å². The number of para-hydroxylation sites is 2.